The highest BCUT2D eigenvalue weighted by molar-refractivity contribution is 9.10. The van der Waals surface area contributed by atoms with E-state index >= 15 is 0 Å². The first-order valence-electron chi connectivity index (χ1n) is 4.96. The smallest absolute Gasteiger partial charge is 0.137 e. The minimum absolute atomic E-state index is 0.171. The van der Waals surface area contributed by atoms with Crippen molar-refractivity contribution in [2.45, 2.75) is 25.3 Å². The maximum absolute atomic E-state index is 13.3. The lowest BCUT2D eigenvalue weighted by atomic mass is 9.97. The lowest BCUT2D eigenvalue weighted by Gasteiger charge is -2.24. The summed E-state index contributed by atoms with van der Waals surface area (Å²) in [6.07, 6.45) is 3.55. The molecular weight excluding hydrogens is 245 g/mol. The van der Waals surface area contributed by atoms with Gasteiger partial charge in [-0.15, -0.1) is 0 Å². The minimum Gasteiger partial charge on any atom is -0.310 e. The van der Waals surface area contributed by atoms with Crippen molar-refractivity contribution in [3.05, 3.63) is 34.1 Å². The highest BCUT2D eigenvalue weighted by atomic mass is 79.9. The molecule has 3 heteroatoms. The van der Waals surface area contributed by atoms with Crippen LogP contribution in [0, 0.1) is 5.82 Å². The predicted octanol–water partition coefficient (Wildman–Crippen LogP) is 3.40. The van der Waals surface area contributed by atoms with E-state index in [2.05, 4.69) is 21.2 Å². The van der Waals surface area contributed by atoms with E-state index in [0.717, 1.165) is 18.5 Å². The molecule has 0 radical (unpaired) electrons. The summed E-state index contributed by atoms with van der Waals surface area (Å²) in [5.41, 5.74) is 1.05. The Labute approximate surface area is 91.8 Å². The van der Waals surface area contributed by atoms with Crippen LogP contribution in [0.25, 0.3) is 0 Å². The van der Waals surface area contributed by atoms with Gasteiger partial charge in [0.2, 0.25) is 0 Å². The van der Waals surface area contributed by atoms with E-state index in [1.807, 2.05) is 6.07 Å². The second-order valence-corrected chi connectivity index (χ2v) is 4.44. The molecule has 1 saturated heterocycles. The van der Waals surface area contributed by atoms with E-state index < -0.39 is 0 Å². The molecular formula is C11H13BrFN. The highest BCUT2D eigenvalue weighted by Gasteiger charge is 2.18. The second-order valence-electron chi connectivity index (χ2n) is 3.65. The second kappa shape index (κ2) is 4.41. The van der Waals surface area contributed by atoms with Gasteiger partial charge in [-0.25, -0.2) is 4.39 Å². The third-order valence-corrected chi connectivity index (χ3v) is 3.50. The van der Waals surface area contributed by atoms with E-state index in [1.54, 1.807) is 6.07 Å². The molecule has 1 nitrogen and oxygen atoms in total. The van der Waals surface area contributed by atoms with Gasteiger partial charge in [-0.1, -0.05) is 18.6 Å². The number of nitrogens with one attached hydrogen (secondary N) is 1. The Morgan fingerprint density at radius 2 is 2.21 bits per heavy atom. The summed E-state index contributed by atoms with van der Waals surface area (Å²) in [5, 5.41) is 3.41. The summed E-state index contributed by atoms with van der Waals surface area (Å²) in [7, 11) is 0. The number of benzene rings is 1. The van der Waals surface area contributed by atoms with Gasteiger partial charge in [0.1, 0.15) is 5.82 Å². The zero-order chi connectivity index (χ0) is 9.97. The van der Waals surface area contributed by atoms with E-state index in [1.165, 1.54) is 18.9 Å². The average Bonchev–Trinajstić information content (AvgIpc) is 2.23. The maximum atomic E-state index is 13.3. The van der Waals surface area contributed by atoms with Gasteiger partial charge in [0.15, 0.2) is 0 Å². The zero-order valence-corrected chi connectivity index (χ0v) is 9.48. The Balaban J connectivity index is 2.26. The standard InChI is InChI=1S/C11H13BrFN/c12-11-8(4-3-5-9(11)13)10-6-1-2-7-14-10/h3-5,10,14H,1-2,6-7H2. The number of halogens is 2. The maximum Gasteiger partial charge on any atom is 0.137 e. The van der Waals surface area contributed by atoms with Crippen LogP contribution in [0.4, 0.5) is 4.39 Å². The van der Waals surface area contributed by atoms with Crippen LogP contribution in [0.3, 0.4) is 0 Å². The van der Waals surface area contributed by atoms with E-state index in [4.69, 9.17) is 0 Å². The van der Waals surface area contributed by atoms with Gasteiger partial charge < -0.3 is 5.32 Å². The van der Waals surface area contributed by atoms with Crippen molar-refractivity contribution in [3.63, 3.8) is 0 Å². The number of rotatable bonds is 1. The van der Waals surface area contributed by atoms with Crippen LogP contribution in [0.2, 0.25) is 0 Å². The van der Waals surface area contributed by atoms with Gasteiger partial charge in [-0.3, -0.25) is 0 Å². The molecule has 1 aliphatic heterocycles. The molecule has 1 fully saturated rings. The van der Waals surface area contributed by atoms with Gasteiger partial charge in [0.05, 0.1) is 4.47 Å². The Morgan fingerprint density at radius 1 is 1.36 bits per heavy atom. The molecule has 0 saturated carbocycles. The Bertz CT molecular complexity index is 321. The molecule has 1 N–H and O–H groups in total. The van der Waals surface area contributed by atoms with Crippen LogP contribution in [0.15, 0.2) is 22.7 Å². The summed E-state index contributed by atoms with van der Waals surface area (Å²) >= 11 is 3.30. The molecule has 0 amide bonds. The van der Waals surface area contributed by atoms with Gasteiger partial charge in [0, 0.05) is 6.04 Å². The van der Waals surface area contributed by atoms with Gasteiger partial charge in [-0.05, 0) is 46.9 Å². The third-order valence-electron chi connectivity index (χ3n) is 2.67. The summed E-state index contributed by atoms with van der Waals surface area (Å²) in [6, 6.07) is 5.55. The van der Waals surface area contributed by atoms with Crippen LogP contribution < -0.4 is 5.32 Å². The monoisotopic (exact) mass is 257 g/mol. The van der Waals surface area contributed by atoms with E-state index in [-0.39, 0.29) is 5.82 Å². The molecule has 1 aromatic rings. The number of hydrogen-bond donors (Lipinski definition) is 1. The van der Waals surface area contributed by atoms with Crippen molar-refractivity contribution in [1.29, 1.82) is 0 Å². The molecule has 14 heavy (non-hydrogen) atoms. The molecule has 1 heterocycles. The molecule has 0 spiro atoms. The fraction of sp³-hybridized carbons (Fsp3) is 0.455. The van der Waals surface area contributed by atoms with Crippen LogP contribution in [-0.4, -0.2) is 6.54 Å². The minimum atomic E-state index is -0.171. The molecule has 1 atom stereocenters. The first-order chi connectivity index (χ1) is 6.79. The van der Waals surface area contributed by atoms with Gasteiger partial charge >= 0.3 is 0 Å². The van der Waals surface area contributed by atoms with Crippen LogP contribution in [0.5, 0.6) is 0 Å². The van der Waals surface area contributed by atoms with Crippen molar-refractivity contribution in [3.8, 4) is 0 Å². The van der Waals surface area contributed by atoms with Gasteiger partial charge in [-0.2, -0.15) is 0 Å². The molecule has 2 rings (SSSR count). The van der Waals surface area contributed by atoms with Crippen molar-refractivity contribution in [2.75, 3.05) is 6.54 Å². The molecule has 0 aliphatic carbocycles. The first kappa shape index (κ1) is 10.1. The Hall–Kier alpha value is -0.410. The Kier molecular flexibility index (Phi) is 3.19. The molecule has 76 valence electrons. The lowest BCUT2D eigenvalue weighted by Crippen LogP contribution is -2.27. The molecule has 1 aliphatic rings. The van der Waals surface area contributed by atoms with Gasteiger partial charge in [0.25, 0.3) is 0 Å². The van der Waals surface area contributed by atoms with Crippen molar-refractivity contribution in [2.24, 2.45) is 0 Å². The van der Waals surface area contributed by atoms with Crippen molar-refractivity contribution in [1.82, 2.24) is 5.32 Å². The highest BCUT2D eigenvalue weighted by Crippen LogP contribution is 2.30. The summed E-state index contributed by atoms with van der Waals surface area (Å²) in [6.45, 7) is 1.04. The zero-order valence-electron chi connectivity index (χ0n) is 7.89. The fourth-order valence-corrected chi connectivity index (χ4v) is 2.45. The summed E-state index contributed by atoms with van der Waals surface area (Å²) in [4.78, 5) is 0. The van der Waals surface area contributed by atoms with Crippen molar-refractivity contribution >= 4 is 15.9 Å². The quantitative estimate of drug-likeness (QED) is 0.814. The molecule has 1 aromatic carbocycles. The largest absolute Gasteiger partial charge is 0.310 e. The Morgan fingerprint density at radius 3 is 2.93 bits per heavy atom. The first-order valence-corrected chi connectivity index (χ1v) is 5.75. The van der Waals surface area contributed by atoms with Crippen molar-refractivity contribution < 1.29 is 4.39 Å². The van der Waals surface area contributed by atoms with Crippen LogP contribution in [0.1, 0.15) is 30.9 Å². The number of piperidine rings is 1. The summed E-state index contributed by atoms with van der Waals surface area (Å²) in [5.74, 6) is -0.171. The normalized spacial score (nSPS) is 22.3. The van der Waals surface area contributed by atoms with Crippen LogP contribution >= 0.6 is 15.9 Å². The lowest BCUT2D eigenvalue weighted by molar-refractivity contribution is 0.409. The van der Waals surface area contributed by atoms with Crippen LogP contribution in [-0.2, 0) is 0 Å². The van der Waals surface area contributed by atoms with E-state index in [9.17, 15) is 4.39 Å². The topological polar surface area (TPSA) is 12.0 Å². The molecule has 1 unspecified atom stereocenters. The number of hydrogen-bond acceptors (Lipinski definition) is 1. The predicted molar refractivity (Wildman–Crippen MR) is 58.7 cm³/mol. The third kappa shape index (κ3) is 1.98. The molecule has 0 bridgehead atoms. The van der Waals surface area contributed by atoms with E-state index in [0.29, 0.717) is 10.5 Å². The summed E-state index contributed by atoms with van der Waals surface area (Å²) < 4.78 is 13.9. The average molecular weight is 258 g/mol. The SMILES string of the molecule is Fc1cccc(C2CCCCN2)c1Br. The fourth-order valence-electron chi connectivity index (χ4n) is 1.91. The molecule has 0 aromatic heterocycles.